The summed E-state index contributed by atoms with van der Waals surface area (Å²) in [4.78, 5) is 13.1. The number of piperidine rings is 1. The van der Waals surface area contributed by atoms with E-state index in [1.807, 2.05) is 4.90 Å². The number of rotatable bonds is 2. The van der Waals surface area contributed by atoms with E-state index in [0.717, 1.165) is 12.8 Å². The number of amides is 1. The number of carbonyl (C=O) groups excluding carboxylic acids is 1. The van der Waals surface area contributed by atoms with Crippen LogP contribution >= 0.6 is 0 Å². The minimum atomic E-state index is -0.263. The third-order valence-corrected chi connectivity index (χ3v) is 2.61. The van der Waals surface area contributed by atoms with Crippen LogP contribution in [-0.4, -0.2) is 48.2 Å². The number of nitrogens with one attached hydrogen (secondary N) is 1. The van der Waals surface area contributed by atoms with Crippen LogP contribution in [0.3, 0.4) is 0 Å². The topological polar surface area (TPSA) is 52.6 Å². The first-order valence-electron chi connectivity index (χ1n) is 4.76. The fraction of sp³-hybridized carbons (Fsp3) is 0.889. The minimum absolute atomic E-state index is 0.0148. The molecule has 4 nitrogen and oxygen atoms in total. The van der Waals surface area contributed by atoms with Crippen molar-refractivity contribution in [3.05, 3.63) is 0 Å². The van der Waals surface area contributed by atoms with Crippen LogP contribution in [0.2, 0.25) is 0 Å². The molecule has 1 aliphatic heterocycles. The highest BCUT2D eigenvalue weighted by molar-refractivity contribution is 5.77. The highest BCUT2D eigenvalue weighted by Gasteiger charge is 2.24. The summed E-state index contributed by atoms with van der Waals surface area (Å²) in [6, 6.07) is 0.403. The number of aliphatic hydroxyl groups excluding tert-OH is 1. The second-order valence-corrected chi connectivity index (χ2v) is 3.68. The molecule has 0 bridgehead atoms. The number of likely N-dealkylation sites (N-methyl/N-ethyl adjacent to an activating group) is 1. The van der Waals surface area contributed by atoms with E-state index in [1.54, 1.807) is 7.05 Å². The zero-order valence-corrected chi connectivity index (χ0v) is 8.29. The fourth-order valence-electron chi connectivity index (χ4n) is 1.64. The number of hydrogen-bond acceptors (Lipinski definition) is 3. The Kier molecular flexibility index (Phi) is 3.69. The van der Waals surface area contributed by atoms with Gasteiger partial charge in [0.05, 0.1) is 12.6 Å². The number of likely N-dealkylation sites (tertiary alicyclic amines) is 1. The van der Waals surface area contributed by atoms with Gasteiger partial charge in [-0.2, -0.15) is 0 Å². The molecule has 2 N–H and O–H groups in total. The Morgan fingerprint density at radius 2 is 2.31 bits per heavy atom. The molecule has 1 aliphatic rings. The third-order valence-electron chi connectivity index (χ3n) is 2.61. The first-order chi connectivity index (χ1) is 6.13. The van der Waals surface area contributed by atoms with E-state index in [2.05, 4.69) is 12.2 Å². The molecular formula is C9H18N2O2. The van der Waals surface area contributed by atoms with Gasteiger partial charge in [-0.3, -0.25) is 9.69 Å². The zero-order valence-electron chi connectivity index (χ0n) is 8.29. The molecule has 1 fully saturated rings. The summed E-state index contributed by atoms with van der Waals surface area (Å²) in [5.74, 6) is 0.0148. The van der Waals surface area contributed by atoms with E-state index < -0.39 is 0 Å². The Labute approximate surface area is 78.9 Å². The van der Waals surface area contributed by atoms with Gasteiger partial charge in [-0.15, -0.1) is 0 Å². The van der Waals surface area contributed by atoms with Crippen molar-refractivity contribution in [2.24, 2.45) is 0 Å². The van der Waals surface area contributed by atoms with Gasteiger partial charge >= 0.3 is 0 Å². The molecule has 0 aromatic carbocycles. The fourth-order valence-corrected chi connectivity index (χ4v) is 1.64. The van der Waals surface area contributed by atoms with E-state index in [4.69, 9.17) is 0 Å². The predicted octanol–water partition coefficient (Wildman–Crippen LogP) is -0.422. The van der Waals surface area contributed by atoms with Crippen molar-refractivity contribution in [3.8, 4) is 0 Å². The lowest BCUT2D eigenvalue weighted by Gasteiger charge is -2.35. The maximum Gasteiger partial charge on any atom is 0.233 e. The molecule has 1 amide bonds. The molecule has 1 heterocycles. The summed E-state index contributed by atoms with van der Waals surface area (Å²) >= 11 is 0. The smallest absolute Gasteiger partial charge is 0.233 e. The molecule has 0 saturated carbocycles. The first kappa shape index (κ1) is 10.5. The molecule has 13 heavy (non-hydrogen) atoms. The molecule has 0 aromatic heterocycles. The Morgan fingerprint density at radius 3 is 2.92 bits per heavy atom. The Bertz CT molecular complexity index is 184. The van der Waals surface area contributed by atoms with Crippen molar-refractivity contribution in [1.82, 2.24) is 10.2 Å². The lowest BCUT2D eigenvalue weighted by Crippen LogP contribution is -2.48. The van der Waals surface area contributed by atoms with Crippen LogP contribution in [0.1, 0.15) is 19.8 Å². The summed E-state index contributed by atoms with van der Waals surface area (Å²) in [5.41, 5.74) is 0. The summed E-state index contributed by atoms with van der Waals surface area (Å²) in [6.45, 7) is 3.11. The van der Waals surface area contributed by atoms with Gasteiger partial charge in [-0.25, -0.2) is 0 Å². The van der Waals surface area contributed by atoms with Crippen molar-refractivity contribution < 1.29 is 9.90 Å². The van der Waals surface area contributed by atoms with Crippen LogP contribution in [0.5, 0.6) is 0 Å². The number of hydrogen-bond donors (Lipinski definition) is 2. The van der Waals surface area contributed by atoms with Gasteiger partial charge in [0.1, 0.15) is 0 Å². The Balaban J connectivity index is 2.41. The van der Waals surface area contributed by atoms with Crippen molar-refractivity contribution in [3.63, 3.8) is 0 Å². The number of β-amino-alcohol motifs (C(OH)–C–C–N with tert-alkyl or cyclic N) is 1. The van der Waals surface area contributed by atoms with Crippen LogP contribution in [0.25, 0.3) is 0 Å². The normalized spacial score (nSPS) is 30.1. The summed E-state index contributed by atoms with van der Waals surface area (Å²) in [6.07, 6.45) is 1.56. The van der Waals surface area contributed by atoms with E-state index in [1.165, 1.54) is 0 Å². The molecule has 4 heteroatoms. The highest BCUT2D eigenvalue weighted by atomic mass is 16.3. The maximum atomic E-state index is 11.1. The number of carbonyl (C=O) groups is 1. The highest BCUT2D eigenvalue weighted by Crippen LogP contribution is 2.16. The summed E-state index contributed by atoms with van der Waals surface area (Å²) in [5, 5.41) is 12.0. The minimum Gasteiger partial charge on any atom is -0.392 e. The molecule has 0 spiro atoms. The molecule has 0 unspecified atom stereocenters. The Morgan fingerprint density at radius 1 is 1.62 bits per heavy atom. The second-order valence-electron chi connectivity index (χ2n) is 3.68. The molecular weight excluding hydrogens is 168 g/mol. The molecule has 0 aliphatic carbocycles. The van der Waals surface area contributed by atoms with Crippen LogP contribution in [-0.2, 0) is 4.79 Å². The van der Waals surface area contributed by atoms with Gasteiger partial charge < -0.3 is 10.4 Å². The lowest BCUT2D eigenvalue weighted by atomic mass is 10.0. The number of aliphatic hydroxyl groups is 1. The third kappa shape index (κ3) is 2.97. The van der Waals surface area contributed by atoms with Crippen molar-refractivity contribution in [1.29, 1.82) is 0 Å². The molecule has 1 saturated heterocycles. The second kappa shape index (κ2) is 4.58. The monoisotopic (exact) mass is 186 g/mol. The van der Waals surface area contributed by atoms with Gasteiger partial charge in [0.25, 0.3) is 0 Å². The van der Waals surface area contributed by atoms with E-state index in [9.17, 15) is 9.90 Å². The summed E-state index contributed by atoms with van der Waals surface area (Å²) in [7, 11) is 1.63. The zero-order chi connectivity index (χ0) is 9.84. The first-order valence-corrected chi connectivity index (χ1v) is 4.76. The van der Waals surface area contributed by atoms with Gasteiger partial charge in [0.2, 0.25) is 5.91 Å². The molecule has 0 radical (unpaired) electrons. The number of nitrogens with zero attached hydrogens (tertiary/aromatic N) is 1. The van der Waals surface area contributed by atoms with Gasteiger partial charge in [0.15, 0.2) is 0 Å². The van der Waals surface area contributed by atoms with Crippen LogP contribution in [0, 0.1) is 0 Å². The van der Waals surface area contributed by atoms with E-state index in [0.29, 0.717) is 19.1 Å². The standard InChI is InChI=1S/C9H18N2O2/c1-7-3-4-8(12)5-11(7)6-9(13)10-2/h7-8,12H,3-6H2,1-2H3,(H,10,13)/t7-,8-/m0/s1. The van der Waals surface area contributed by atoms with Crippen LogP contribution < -0.4 is 5.32 Å². The van der Waals surface area contributed by atoms with Gasteiger partial charge in [-0.05, 0) is 19.8 Å². The average Bonchev–Trinajstić information content (AvgIpc) is 2.11. The summed E-state index contributed by atoms with van der Waals surface area (Å²) < 4.78 is 0. The SMILES string of the molecule is CNC(=O)CN1C[C@@H](O)CC[C@@H]1C. The molecule has 1 rings (SSSR count). The van der Waals surface area contributed by atoms with Crippen molar-refractivity contribution >= 4 is 5.91 Å². The maximum absolute atomic E-state index is 11.1. The van der Waals surface area contributed by atoms with E-state index in [-0.39, 0.29) is 12.0 Å². The predicted molar refractivity (Wildman–Crippen MR) is 50.3 cm³/mol. The quantitative estimate of drug-likeness (QED) is 0.615. The van der Waals surface area contributed by atoms with Crippen molar-refractivity contribution in [2.75, 3.05) is 20.1 Å². The van der Waals surface area contributed by atoms with Gasteiger partial charge in [0, 0.05) is 19.6 Å². The molecule has 0 aromatic rings. The molecule has 2 atom stereocenters. The largest absolute Gasteiger partial charge is 0.392 e. The average molecular weight is 186 g/mol. The van der Waals surface area contributed by atoms with E-state index >= 15 is 0 Å². The van der Waals surface area contributed by atoms with Gasteiger partial charge in [-0.1, -0.05) is 0 Å². The van der Waals surface area contributed by atoms with Crippen molar-refractivity contribution in [2.45, 2.75) is 31.9 Å². The Hall–Kier alpha value is -0.610. The molecule has 76 valence electrons. The lowest BCUT2D eigenvalue weighted by molar-refractivity contribution is -0.123. The van der Waals surface area contributed by atoms with Crippen LogP contribution in [0.4, 0.5) is 0 Å². The van der Waals surface area contributed by atoms with Crippen LogP contribution in [0.15, 0.2) is 0 Å².